The van der Waals surface area contributed by atoms with Gasteiger partial charge in [0.1, 0.15) is 11.9 Å². The van der Waals surface area contributed by atoms with E-state index in [4.69, 9.17) is 16.3 Å². The van der Waals surface area contributed by atoms with Crippen LogP contribution in [0.1, 0.15) is 5.56 Å². The highest BCUT2D eigenvalue weighted by molar-refractivity contribution is 7.15. The van der Waals surface area contributed by atoms with E-state index in [-0.39, 0.29) is 11.7 Å². The number of ether oxygens (including phenoxy) is 1. The average molecular weight is 310 g/mol. The summed E-state index contributed by atoms with van der Waals surface area (Å²) in [4.78, 5) is 15.2. The lowest BCUT2D eigenvalue weighted by atomic mass is 10.2. The largest absolute Gasteiger partial charge is 0.431 e. The number of halogens is 1. The van der Waals surface area contributed by atoms with Crippen LogP contribution in [-0.4, -0.2) is 14.3 Å². The van der Waals surface area contributed by atoms with Gasteiger partial charge in [0, 0.05) is 5.38 Å². The standard InChI is InChI=1S/C12H8ClN3O3S/c1-7-2-3-9(8(13)6-7)19-10-11(16(17)18)15-4-5-20-12(15)14-10/h2-6H,1H3. The predicted molar refractivity (Wildman–Crippen MR) is 76.0 cm³/mol. The summed E-state index contributed by atoms with van der Waals surface area (Å²) in [6, 6.07) is 5.20. The molecule has 0 N–H and O–H groups in total. The molecule has 6 nitrogen and oxygen atoms in total. The molecule has 0 atom stereocenters. The van der Waals surface area contributed by atoms with Crippen molar-refractivity contribution in [2.75, 3.05) is 0 Å². The number of nitro groups is 1. The van der Waals surface area contributed by atoms with E-state index in [1.54, 1.807) is 23.7 Å². The normalized spacial score (nSPS) is 10.9. The van der Waals surface area contributed by atoms with Crippen LogP contribution in [0.5, 0.6) is 11.6 Å². The second kappa shape index (κ2) is 4.77. The number of rotatable bonds is 3. The molecule has 2 aromatic heterocycles. The van der Waals surface area contributed by atoms with E-state index < -0.39 is 4.92 Å². The van der Waals surface area contributed by atoms with E-state index in [0.717, 1.165) is 5.56 Å². The number of imidazole rings is 1. The van der Waals surface area contributed by atoms with Crippen molar-refractivity contribution in [1.82, 2.24) is 9.38 Å². The number of thiazole rings is 1. The second-order valence-corrected chi connectivity index (χ2v) is 5.37. The van der Waals surface area contributed by atoms with Gasteiger partial charge in [0.15, 0.2) is 0 Å². The molecule has 2 heterocycles. The fourth-order valence-corrected chi connectivity index (χ4v) is 2.76. The molecule has 0 saturated heterocycles. The van der Waals surface area contributed by atoms with Gasteiger partial charge >= 0.3 is 11.7 Å². The molecule has 8 heteroatoms. The Labute approximate surface area is 122 Å². The second-order valence-electron chi connectivity index (χ2n) is 4.09. The zero-order valence-electron chi connectivity index (χ0n) is 10.2. The Morgan fingerprint density at radius 3 is 3.00 bits per heavy atom. The predicted octanol–water partition coefficient (Wildman–Crippen LogP) is 4.06. The van der Waals surface area contributed by atoms with E-state index in [1.807, 2.05) is 13.0 Å². The van der Waals surface area contributed by atoms with Crippen LogP contribution < -0.4 is 4.74 Å². The quantitative estimate of drug-likeness (QED) is 0.540. The fraction of sp³-hybridized carbons (Fsp3) is 0.0833. The maximum atomic E-state index is 11.2. The number of nitrogens with zero attached hydrogens (tertiary/aromatic N) is 3. The molecule has 0 unspecified atom stereocenters. The van der Waals surface area contributed by atoms with Crippen LogP contribution in [0.15, 0.2) is 29.8 Å². The van der Waals surface area contributed by atoms with Crippen molar-refractivity contribution in [2.24, 2.45) is 0 Å². The first-order valence-corrected chi connectivity index (χ1v) is 6.86. The summed E-state index contributed by atoms with van der Waals surface area (Å²) in [5, 5.41) is 13.3. The van der Waals surface area contributed by atoms with Crippen LogP contribution in [0.25, 0.3) is 4.96 Å². The number of hydrogen-bond acceptors (Lipinski definition) is 5. The van der Waals surface area contributed by atoms with Crippen LogP contribution >= 0.6 is 22.9 Å². The molecule has 102 valence electrons. The summed E-state index contributed by atoms with van der Waals surface area (Å²) in [6.45, 7) is 1.89. The number of fused-ring (bicyclic) bond motifs is 1. The van der Waals surface area contributed by atoms with Gasteiger partial charge in [0.2, 0.25) is 0 Å². The minimum atomic E-state index is -0.524. The Balaban J connectivity index is 2.08. The first-order valence-electron chi connectivity index (χ1n) is 5.60. The minimum Gasteiger partial charge on any atom is -0.431 e. The molecular weight excluding hydrogens is 302 g/mol. The zero-order valence-corrected chi connectivity index (χ0v) is 11.8. The van der Waals surface area contributed by atoms with Gasteiger partial charge in [-0.25, -0.2) is 0 Å². The topological polar surface area (TPSA) is 69.7 Å². The Morgan fingerprint density at radius 1 is 1.50 bits per heavy atom. The van der Waals surface area contributed by atoms with Crippen LogP contribution in [0.4, 0.5) is 5.82 Å². The van der Waals surface area contributed by atoms with Gasteiger partial charge < -0.3 is 14.9 Å². The Kier molecular flexibility index (Phi) is 3.07. The van der Waals surface area contributed by atoms with Crippen LogP contribution in [-0.2, 0) is 0 Å². The molecule has 0 radical (unpaired) electrons. The van der Waals surface area contributed by atoms with E-state index >= 15 is 0 Å². The maximum Gasteiger partial charge on any atom is 0.393 e. The first-order chi connectivity index (χ1) is 9.56. The summed E-state index contributed by atoms with van der Waals surface area (Å²) in [7, 11) is 0. The zero-order chi connectivity index (χ0) is 14.3. The lowest BCUT2D eigenvalue weighted by Gasteiger charge is -2.05. The van der Waals surface area contributed by atoms with Crippen molar-refractivity contribution in [3.05, 3.63) is 50.5 Å². The minimum absolute atomic E-state index is 0.0624. The third-order valence-electron chi connectivity index (χ3n) is 2.67. The van der Waals surface area contributed by atoms with Gasteiger partial charge in [-0.2, -0.15) is 9.38 Å². The summed E-state index contributed by atoms with van der Waals surface area (Å²) in [5.74, 6) is 0.0663. The Bertz CT molecular complexity index is 811. The average Bonchev–Trinajstić information content (AvgIpc) is 2.91. The molecule has 20 heavy (non-hydrogen) atoms. The number of hydrogen-bond donors (Lipinski definition) is 0. The van der Waals surface area contributed by atoms with Crippen molar-refractivity contribution in [2.45, 2.75) is 6.92 Å². The summed E-state index contributed by atoms with van der Waals surface area (Å²) >= 11 is 7.35. The molecule has 0 saturated carbocycles. The highest BCUT2D eigenvalue weighted by Crippen LogP contribution is 2.36. The summed E-state index contributed by atoms with van der Waals surface area (Å²) < 4.78 is 6.88. The monoisotopic (exact) mass is 309 g/mol. The Hall–Kier alpha value is -2.12. The molecule has 0 bridgehead atoms. The molecule has 3 aromatic rings. The number of aryl methyl sites for hydroxylation is 1. The summed E-state index contributed by atoms with van der Waals surface area (Å²) in [6.07, 6.45) is 1.58. The van der Waals surface area contributed by atoms with E-state index in [9.17, 15) is 10.1 Å². The SMILES string of the molecule is Cc1ccc(Oc2nc3sccn3c2[N+](=O)[O-])c(Cl)c1. The van der Waals surface area contributed by atoms with Gasteiger partial charge in [-0.3, -0.25) is 0 Å². The fourth-order valence-electron chi connectivity index (χ4n) is 1.78. The third kappa shape index (κ3) is 2.10. The van der Waals surface area contributed by atoms with Gasteiger partial charge in [-0.1, -0.05) is 29.0 Å². The van der Waals surface area contributed by atoms with Crippen LogP contribution in [0.3, 0.4) is 0 Å². The maximum absolute atomic E-state index is 11.2. The van der Waals surface area contributed by atoms with Gasteiger partial charge in [0.25, 0.3) is 4.96 Å². The van der Waals surface area contributed by atoms with Crippen molar-refractivity contribution in [1.29, 1.82) is 0 Å². The van der Waals surface area contributed by atoms with E-state index in [1.165, 1.54) is 15.7 Å². The molecule has 3 rings (SSSR count). The van der Waals surface area contributed by atoms with Crippen molar-refractivity contribution in [3.8, 4) is 11.6 Å². The third-order valence-corrected chi connectivity index (χ3v) is 3.73. The van der Waals surface area contributed by atoms with E-state index in [0.29, 0.717) is 15.7 Å². The molecule has 0 aliphatic carbocycles. The smallest absolute Gasteiger partial charge is 0.393 e. The van der Waals surface area contributed by atoms with Crippen LogP contribution in [0.2, 0.25) is 5.02 Å². The number of aromatic nitrogens is 2. The molecule has 0 aliphatic rings. The molecule has 0 amide bonds. The lowest BCUT2D eigenvalue weighted by Crippen LogP contribution is -1.95. The van der Waals surface area contributed by atoms with Crippen molar-refractivity contribution in [3.63, 3.8) is 0 Å². The Morgan fingerprint density at radius 2 is 2.30 bits per heavy atom. The van der Waals surface area contributed by atoms with E-state index in [2.05, 4.69) is 4.98 Å². The number of benzene rings is 1. The molecular formula is C12H8ClN3O3S. The lowest BCUT2D eigenvalue weighted by molar-refractivity contribution is -0.391. The first kappa shape index (κ1) is 12.9. The van der Waals surface area contributed by atoms with Crippen LogP contribution in [0, 0.1) is 17.0 Å². The highest BCUT2D eigenvalue weighted by Gasteiger charge is 2.26. The van der Waals surface area contributed by atoms with Crippen molar-refractivity contribution >= 4 is 33.7 Å². The van der Waals surface area contributed by atoms with Gasteiger partial charge in [-0.05, 0) is 29.5 Å². The molecule has 0 fully saturated rings. The van der Waals surface area contributed by atoms with Gasteiger partial charge in [-0.15, -0.1) is 0 Å². The molecule has 1 aromatic carbocycles. The molecule has 0 aliphatic heterocycles. The highest BCUT2D eigenvalue weighted by atomic mass is 35.5. The van der Waals surface area contributed by atoms with Gasteiger partial charge in [0.05, 0.1) is 5.02 Å². The van der Waals surface area contributed by atoms with Crippen molar-refractivity contribution < 1.29 is 9.66 Å². The molecule has 0 spiro atoms. The summed E-state index contributed by atoms with van der Waals surface area (Å²) in [5.41, 5.74) is 0.975.